The first-order valence-corrected chi connectivity index (χ1v) is 8.33. The number of nitrogen functional groups attached to an aromatic ring is 1. The third-order valence-electron chi connectivity index (χ3n) is 4.32. The molecule has 0 saturated heterocycles. The average Bonchev–Trinajstić information content (AvgIpc) is 3.25. The minimum absolute atomic E-state index is 0.526. The molecule has 0 spiro atoms. The molecule has 0 radical (unpaired) electrons. The summed E-state index contributed by atoms with van der Waals surface area (Å²) in [5.41, 5.74) is 9.84. The molecule has 0 unspecified atom stereocenters. The molecular formula is C18H20N6. The van der Waals surface area contributed by atoms with E-state index in [0.717, 1.165) is 46.0 Å². The maximum Gasteiger partial charge on any atom is 0.135 e. The Labute approximate surface area is 139 Å². The van der Waals surface area contributed by atoms with Gasteiger partial charge in [-0.25, -0.2) is 4.98 Å². The molecule has 3 aromatic heterocycles. The zero-order valence-electron chi connectivity index (χ0n) is 13.7. The molecule has 0 aliphatic rings. The number of benzene rings is 1. The number of aryl methyl sites for hydroxylation is 1. The number of hydrogen-bond acceptors (Lipinski definition) is 4. The molecular weight excluding hydrogens is 300 g/mol. The first-order chi connectivity index (χ1) is 11.8. The largest absolute Gasteiger partial charge is 0.383 e. The first-order valence-electron chi connectivity index (χ1n) is 8.33. The van der Waals surface area contributed by atoms with Crippen molar-refractivity contribution in [2.45, 2.75) is 32.7 Å². The van der Waals surface area contributed by atoms with Gasteiger partial charge in [-0.3, -0.25) is 9.78 Å². The van der Waals surface area contributed by atoms with Gasteiger partial charge in [0, 0.05) is 29.9 Å². The molecule has 3 N–H and O–H groups in total. The molecule has 0 aliphatic carbocycles. The minimum Gasteiger partial charge on any atom is -0.383 e. The number of hydrogen-bond donors (Lipinski definition) is 2. The average molecular weight is 320 g/mol. The minimum atomic E-state index is 0.526. The maximum atomic E-state index is 6.17. The fourth-order valence-electron chi connectivity index (χ4n) is 3.04. The van der Waals surface area contributed by atoms with Gasteiger partial charge in [-0.1, -0.05) is 25.8 Å². The summed E-state index contributed by atoms with van der Waals surface area (Å²) in [5.74, 6) is 0.526. The number of nitrogens with zero attached hydrogens (tertiary/aromatic N) is 4. The van der Waals surface area contributed by atoms with Crippen molar-refractivity contribution < 1.29 is 0 Å². The van der Waals surface area contributed by atoms with E-state index in [2.05, 4.69) is 28.2 Å². The molecule has 0 fully saturated rings. The summed E-state index contributed by atoms with van der Waals surface area (Å²) >= 11 is 0. The lowest BCUT2D eigenvalue weighted by atomic mass is 10.1. The Morgan fingerprint density at radius 3 is 2.88 bits per heavy atom. The summed E-state index contributed by atoms with van der Waals surface area (Å²) in [6, 6.07) is 8.05. The summed E-state index contributed by atoms with van der Waals surface area (Å²) in [4.78, 5) is 4.57. The summed E-state index contributed by atoms with van der Waals surface area (Å²) in [6.07, 6.45) is 7.34. The number of nitrogens with two attached hydrogens (primary N) is 1. The lowest BCUT2D eigenvalue weighted by Gasteiger charge is -2.03. The number of aromatic nitrogens is 5. The summed E-state index contributed by atoms with van der Waals surface area (Å²) in [6.45, 7) is 3.11. The quantitative estimate of drug-likeness (QED) is 0.548. The van der Waals surface area contributed by atoms with Crippen molar-refractivity contribution in [3.8, 4) is 11.3 Å². The molecule has 0 bridgehead atoms. The van der Waals surface area contributed by atoms with E-state index in [9.17, 15) is 0 Å². The number of anilines is 1. The highest BCUT2D eigenvalue weighted by Crippen LogP contribution is 2.29. The van der Waals surface area contributed by atoms with E-state index in [-0.39, 0.29) is 0 Å². The highest BCUT2D eigenvalue weighted by atomic mass is 15.3. The van der Waals surface area contributed by atoms with Crippen LogP contribution in [0.25, 0.3) is 33.1 Å². The summed E-state index contributed by atoms with van der Waals surface area (Å²) in [7, 11) is 0. The molecule has 3 heterocycles. The number of unbranched alkanes of at least 4 members (excludes halogenated alkanes) is 2. The van der Waals surface area contributed by atoms with Crippen LogP contribution in [0.2, 0.25) is 0 Å². The van der Waals surface area contributed by atoms with Crippen LogP contribution in [-0.2, 0) is 6.54 Å². The molecule has 4 rings (SSSR count). The van der Waals surface area contributed by atoms with Crippen molar-refractivity contribution >= 4 is 27.6 Å². The smallest absolute Gasteiger partial charge is 0.135 e. The number of nitrogens with one attached hydrogen (secondary N) is 1. The van der Waals surface area contributed by atoms with Crippen LogP contribution in [0.5, 0.6) is 0 Å². The zero-order chi connectivity index (χ0) is 16.5. The van der Waals surface area contributed by atoms with Gasteiger partial charge in [0.2, 0.25) is 0 Å². The van der Waals surface area contributed by atoms with Crippen molar-refractivity contribution in [2.75, 3.05) is 5.73 Å². The van der Waals surface area contributed by atoms with E-state index in [4.69, 9.17) is 10.8 Å². The van der Waals surface area contributed by atoms with E-state index in [1.807, 2.05) is 35.3 Å². The predicted octanol–water partition coefficient (Wildman–Crippen LogP) is 3.75. The molecule has 6 heteroatoms. The van der Waals surface area contributed by atoms with Gasteiger partial charge in [0.15, 0.2) is 0 Å². The highest BCUT2D eigenvalue weighted by Gasteiger charge is 2.12. The Morgan fingerprint density at radius 1 is 1.17 bits per heavy atom. The van der Waals surface area contributed by atoms with Crippen molar-refractivity contribution in [2.24, 2.45) is 0 Å². The second-order valence-electron chi connectivity index (χ2n) is 6.05. The Balaban J connectivity index is 1.81. The second-order valence-corrected chi connectivity index (χ2v) is 6.05. The van der Waals surface area contributed by atoms with Gasteiger partial charge >= 0.3 is 0 Å². The van der Waals surface area contributed by atoms with Crippen LogP contribution in [0, 0.1) is 0 Å². The lowest BCUT2D eigenvalue weighted by Crippen LogP contribution is -1.97. The molecule has 24 heavy (non-hydrogen) atoms. The first kappa shape index (κ1) is 14.7. The van der Waals surface area contributed by atoms with Crippen LogP contribution in [0.3, 0.4) is 0 Å². The van der Waals surface area contributed by atoms with Crippen molar-refractivity contribution in [1.29, 1.82) is 0 Å². The van der Waals surface area contributed by atoms with Crippen molar-refractivity contribution in [3.63, 3.8) is 0 Å². The van der Waals surface area contributed by atoms with Crippen molar-refractivity contribution in [3.05, 3.63) is 36.7 Å². The third-order valence-corrected chi connectivity index (χ3v) is 4.32. The lowest BCUT2D eigenvalue weighted by molar-refractivity contribution is 0.557. The van der Waals surface area contributed by atoms with Crippen LogP contribution in [0.1, 0.15) is 26.2 Å². The normalized spacial score (nSPS) is 11.5. The number of rotatable bonds is 5. The second kappa shape index (κ2) is 5.96. The van der Waals surface area contributed by atoms with Crippen LogP contribution in [-0.4, -0.2) is 25.0 Å². The van der Waals surface area contributed by atoms with Crippen LogP contribution in [0.4, 0.5) is 5.82 Å². The molecule has 0 atom stereocenters. The van der Waals surface area contributed by atoms with Gasteiger partial charge in [0.1, 0.15) is 11.3 Å². The molecule has 0 amide bonds. The van der Waals surface area contributed by atoms with E-state index >= 15 is 0 Å². The van der Waals surface area contributed by atoms with Gasteiger partial charge in [-0.2, -0.15) is 10.2 Å². The van der Waals surface area contributed by atoms with Crippen LogP contribution in [0.15, 0.2) is 36.7 Å². The molecule has 6 nitrogen and oxygen atoms in total. The van der Waals surface area contributed by atoms with E-state index < -0.39 is 0 Å². The molecule has 0 saturated carbocycles. The highest BCUT2D eigenvalue weighted by molar-refractivity contribution is 6.08. The molecule has 4 aromatic rings. The SMILES string of the molecule is CCCCCn1cc2c(N)nc3cc(-c4cc[nH]n4)ccc3c2n1. The Bertz CT molecular complexity index is 984. The zero-order valence-corrected chi connectivity index (χ0v) is 13.7. The number of aromatic amines is 1. The monoisotopic (exact) mass is 320 g/mol. The Hall–Kier alpha value is -2.89. The molecule has 1 aromatic carbocycles. The number of H-pyrrole nitrogens is 1. The van der Waals surface area contributed by atoms with E-state index in [1.54, 1.807) is 0 Å². The van der Waals surface area contributed by atoms with Gasteiger partial charge in [-0.15, -0.1) is 0 Å². The maximum absolute atomic E-state index is 6.17. The fourth-order valence-corrected chi connectivity index (χ4v) is 3.04. The van der Waals surface area contributed by atoms with E-state index in [1.165, 1.54) is 12.8 Å². The molecule has 122 valence electrons. The van der Waals surface area contributed by atoms with Gasteiger partial charge < -0.3 is 5.73 Å². The van der Waals surface area contributed by atoms with Crippen molar-refractivity contribution in [1.82, 2.24) is 25.0 Å². The topological polar surface area (TPSA) is 85.4 Å². The Kier molecular flexibility index (Phi) is 3.65. The van der Waals surface area contributed by atoms with Crippen LogP contribution < -0.4 is 5.73 Å². The number of pyridine rings is 1. The van der Waals surface area contributed by atoms with Gasteiger partial charge in [-0.05, 0) is 24.6 Å². The standard InChI is InChI=1S/C18H20N6/c1-2-3-4-9-24-11-14-17(23-24)13-6-5-12(15-7-8-20-22-15)10-16(13)21-18(14)19/h5-8,10-11H,2-4,9H2,1H3,(H2,19,21)(H,20,22). The van der Waals surface area contributed by atoms with E-state index in [0.29, 0.717) is 5.82 Å². The Morgan fingerprint density at radius 2 is 2.08 bits per heavy atom. The predicted molar refractivity (Wildman–Crippen MR) is 96.6 cm³/mol. The third kappa shape index (κ3) is 2.50. The summed E-state index contributed by atoms with van der Waals surface area (Å²) in [5, 5.41) is 13.7. The van der Waals surface area contributed by atoms with Crippen LogP contribution >= 0.6 is 0 Å². The molecule has 0 aliphatic heterocycles. The summed E-state index contributed by atoms with van der Waals surface area (Å²) < 4.78 is 1.99. The fraction of sp³-hybridized carbons (Fsp3) is 0.278. The number of fused-ring (bicyclic) bond motifs is 3. The van der Waals surface area contributed by atoms with Gasteiger partial charge in [0.05, 0.1) is 16.6 Å². The van der Waals surface area contributed by atoms with Gasteiger partial charge in [0.25, 0.3) is 0 Å².